The van der Waals surface area contributed by atoms with Gasteiger partial charge < -0.3 is 14.1 Å². The molecule has 3 rings (SSSR count). The summed E-state index contributed by atoms with van der Waals surface area (Å²) in [5, 5.41) is 0. The highest BCUT2D eigenvalue weighted by atomic mass is 32.2. The minimum Gasteiger partial charge on any atom is -0.497 e. The van der Waals surface area contributed by atoms with Gasteiger partial charge in [-0.3, -0.25) is 4.79 Å². The monoisotopic (exact) mass is 349 g/mol. The van der Waals surface area contributed by atoms with Crippen LogP contribution in [0.15, 0.2) is 47.1 Å². The van der Waals surface area contributed by atoms with Crippen LogP contribution in [0.4, 0.5) is 0 Å². The molecule has 1 amide bonds. The third-order valence-electron chi connectivity index (χ3n) is 4.13. The Balaban J connectivity index is 1.88. The average molecular weight is 349 g/mol. The molecule has 7 heteroatoms. The quantitative estimate of drug-likeness (QED) is 0.826. The van der Waals surface area contributed by atoms with E-state index < -0.39 is 9.84 Å². The number of methoxy groups -OCH3 is 1. The maximum Gasteiger partial charge on any atom is 0.290 e. The lowest BCUT2D eigenvalue weighted by Crippen LogP contribution is -2.40. The molecule has 0 bridgehead atoms. The first-order valence-corrected chi connectivity index (χ1v) is 9.48. The van der Waals surface area contributed by atoms with E-state index in [4.69, 9.17) is 9.15 Å². The zero-order valence-corrected chi connectivity index (χ0v) is 14.2. The van der Waals surface area contributed by atoms with Crippen LogP contribution in [0.1, 0.15) is 22.5 Å². The molecule has 1 aliphatic rings. The summed E-state index contributed by atoms with van der Waals surface area (Å²) in [5.74, 6) is 0.699. The lowest BCUT2D eigenvalue weighted by molar-refractivity contribution is 0.0648. The van der Waals surface area contributed by atoms with Crippen molar-refractivity contribution in [3.8, 4) is 5.75 Å². The van der Waals surface area contributed by atoms with Gasteiger partial charge in [0.25, 0.3) is 5.91 Å². The van der Waals surface area contributed by atoms with Crippen LogP contribution < -0.4 is 4.74 Å². The van der Waals surface area contributed by atoms with Crippen molar-refractivity contribution >= 4 is 15.7 Å². The zero-order chi connectivity index (χ0) is 17.2. The van der Waals surface area contributed by atoms with E-state index in [9.17, 15) is 13.2 Å². The molecule has 6 nitrogen and oxygen atoms in total. The fourth-order valence-corrected chi connectivity index (χ4v) is 4.63. The second-order valence-corrected chi connectivity index (χ2v) is 8.05. The Kier molecular flexibility index (Phi) is 4.62. The third-order valence-corrected chi connectivity index (χ3v) is 5.88. The average Bonchev–Trinajstić information content (AvgIpc) is 3.21. The maximum absolute atomic E-state index is 12.8. The highest BCUT2D eigenvalue weighted by Gasteiger charge is 2.35. The smallest absolute Gasteiger partial charge is 0.290 e. The van der Waals surface area contributed by atoms with Gasteiger partial charge in [0.05, 0.1) is 24.9 Å². The molecule has 0 unspecified atom stereocenters. The number of furan rings is 1. The van der Waals surface area contributed by atoms with Crippen LogP contribution >= 0.6 is 0 Å². The van der Waals surface area contributed by atoms with Gasteiger partial charge >= 0.3 is 0 Å². The first-order chi connectivity index (χ1) is 11.5. The van der Waals surface area contributed by atoms with Gasteiger partial charge in [0.1, 0.15) is 5.75 Å². The van der Waals surface area contributed by atoms with Gasteiger partial charge in [-0.15, -0.1) is 0 Å². The first-order valence-electron chi connectivity index (χ1n) is 7.66. The fourth-order valence-electron chi connectivity index (χ4n) is 2.90. The van der Waals surface area contributed by atoms with Crippen molar-refractivity contribution in [1.82, 2.24) is 4.90 Å². The predicted octanol–water partition coefficient (Wildman–Crippen LogP) is 2.12. The van der Waals surface area contributed by atoms with E-state index in [-0.39, 0.29) is 29.2 Å². The number of carbonyl (C=O) groups excluding carboxylic acids is 1. The highest BCUT2D eigenvalue weighted by molar-refractivity contribution is 7.91. The van der Waals surface area contributed by atoms with Crippen molar-refractivity contribution in [3.05, 3.63) is 54.0 Å². The molecule has 0 aliphatic carbocycles. The van der Waals surface area contributed by atoms with Gasteiger partial charge in [-0.25, -0.2) is 8.42 Å². The molecule has 24 heavy (non-hydrogen) atoms. The molecular weight excluding hydrogens is 330 g/mol. The molecule has 1 aliphatic heterocycles. The molecule has 1 atom stereocenters. The SMILES string of the molecule is COc1cccc(CN(C(=O)c2ccco2)[C@@H]2CCS(=O)(=O)C2)c1. The standard InChI is InChI=1S/C17H19NO5S/c1-22-15-5-2-4-13(10-15)11-18(14-7-9-24(20,21)12-14)17(19)16-6-3-8-23-16/h2-6,8,10,14H,7,9,11-12H2,1H3/t14-/m1/s1. The second-order valence-electron chi connectivity index (χ2n) is 5.82. The van der Waals surface area contributed by atoms with Crippen LogP contribution in [0.5, 0.6) is 5.75 Å². The molecule has 1 aromatic carbocycles. The number of nitrogens with zero attached hydrogens (tertiary/aromatic N) is 1. The summed E-state index contributed by atoms with van der Waals surface area (Å²) in [4.78, 5) is 14.4. The number of benzene rings is 1. The van der Waals surface area contributed by atoms with Gasteiger partial charge in [-0.1, -0.05) is 12.1 Å². The van der Waals surface area contributed by atoms with Crippen molar-refractivity contribution in [1.29, 1.82) is 0 Å². The number of hydrogen-bond acceptors (Lipinski definition) is 5. The topological polar surface area (TPSA) is 76.8 Å². The summed E-state index contributed by atoms with van der Waals surface area (Å²) >= 11 is 0. The summed E-state index contributed by atoms with van der Waals surface area (Å²) in [7, 11) is -1.52. The summed E-state index contributed by atoms with van der Waals surface area (Å²) in [6, 6.07) is 10.3. The van der Waals surface area contributed by atoms with Crippen LogP contribution in [0.3, 0.4) is 0 Å². The molecule has 0 saturated carbocycles. The Bertz CT molecular complexity index is 813. The van der Waals surface area contributed by atoms with E-state index in [1.54, 1.807) is 24.1 Å². The Labute approximate surface area is 140 Å². The molecular formula is C17H19NO5S. The van der Waals surface area contributed by atoms with Crippen molar-refractivity contribution in [3.63, 3.8) is 0 Å². The Morgan fingerprint density at radius 3 is 2.79 bits per heavy atom. The van der Waals surface area contributed by atoms with Crippen molar-refractivity contribution in [2.75, 3.05) is 18.6 Å². The van der Waals surface area contributed by atoms with Crippen LogP contribution in [-0.2, 0) is 16.4 Å². The predicted molar refractivity (Wildman–Crippen MR) is 88.6 cm³/mol. The van der Waals surface area contributed by atoms with Crippen LogP contribution in [-0.4, -0.2) is 43.9 Å². The molecule has 2 heterocycles. The summed E-state index contributed by atoms with van der Waals surface area (Å²) in [6.07, 6.45) is 1.88. The van der Waals surface area contributed by atoms with Gasteiger partial charge in [-0.05, 0) is 36.2 Å². The number of carbonyl (C=O) groups is 1. The number of hydrogen-bond donors (Lipinski definition) is 0. The minimum absolute atomic E-state index is 0.0105. The maximum atomic E-state index is 12.8. The summed E-state index contributed by atoms with van der Waals surface area (Å²) in [5.41, 5.74) is 0.874. The molecule has 1 aromatic heterocycles. The van der Waals surface area contributed by atoms with Gasteiger partial charge in [0.2, 0.25) is 0 Å². The summed E-state index contributed by atoms with van der Waals surface area (Å²) in [6.45, 7) is 0.302. The number of rotatable bonds is 5. The van der Waals surface area contributed by atoms with Crippen LogP contribution in [0.2, 0.25) is 0 Å². The number of sulfone groups is 1. The Hall–Kier alpha value is -2.28. The number of ether oxygens (including phenoxy) is 1. The minimum atomic E-state index is -3.10. The number of amides is 1. The van der Waals surface area contributed by atoms with Gasteiger partial charge in [-0.2, -0.15) is 0 Å². The molecule has 1 saturated heterocycles. The fraction of sp³-hybridized carbons (Fsp3) is 0.353. The first kappa shape index (κ1) is 16.6. The molecule has 128 valence electrons. The lowest BCUT2D eigenvalue weighted by Gasteiger charge is -2.27. The van der Waals surface area contributed by atoms with Crippen molar-refractivity contribution in [2.24, 2.45) is 0 Å². The van der Waals surface area contributed by atoms with E-state index in [0.717, 1.165) is 5.56 Å². The van der Waals surface area contributed by atoms with E-state index in [1.807, 2.05) is 24.3 Å². The van der Waals surface area contributed by atoms with Crippen LogP contribution in [0, 0.1) is 0 Å². The normalized spacial score (nSPS) is 19.1. The molecule has 0 radical (unpaired) electrons. The lowest BCUT2D eigenvalue weighted by atomic mass is 10.1. The van der Waals surface area contributed by atoms with E-state index in [0.29, 0.717) is 18.7 Å². The highest BCUT2D eigenvalue weighted by Crippen LogP contribution is 2.23. The van der Waals surface area contributed by atoms with Crippen molar-refractivity contribution in [2.45, 2.75) is 19.0 Å². The molecule has 2 aromatic rings. The molecule has 1 fully saturated rings. The second kappa shape index (κ2) is 6.68. The third kappa shape index (κ3) is 3.62. The largest absolute Gasteiger partial charge is 0.497 e. The Morgan fingerprint density at radius 2 is 2.17 bits per heavy atom. The molecule has 0 N–H and O–H groups in total. The van der Waals surface area contributed by atoms with Gasteiger partial charge in [0, 0.05) is 12.6 Å². The van der Waals surface area contributed by atoms with Gasteiger partial charge in [0.15, 0.2) is 15.6 Å². The summed E-state index contributed by atoms with van der Waals surface area (Å²) < 4.78 is 34.1. The molecule has 0 spiro atoms. The van der Waals surface area contributed by atoms with E-state index in [2.05, 4.69) is 0 Å². The van der Waals surface area contributed by atoms with Crippen molar-refractivity contribution < 1.29 is 22.4 Å². The van der Waals surface area contributed by atoms with E-state index in [1.165, 1.54) is 6.26 Å². The van der Waals surface area contributed by atoms with E-state index >= 15 is 0 Å². The Morgan fingerprint density at radius 1 is 1.33 bits per heavy atom. The zero-order valence-electron chi connectivity index (χ0n) is 13.3. The van der Waals surface area contributed by atoms with Crippen LogP contribution in [0.25, 0.3) is 0 Å².